The fraction of sp³-hybridized carbons (Fsp3) is 0.0833. The van der Waals surface area contributed by atoms with Gasteiger partial charge in [-0.2, -0.15) is 0 Å². The van der Waals surface area contributed by atoms with Crippen LogP contribution in [-0.2, 0) is 6.54 Å². The Kier molecular flexibility index (Phi) is 2.80. The summed E-state index contributed by atoms with van der Waals surface area (Å²) in [6, 6.07) is 14.0. The molecule has 1 aromatic heterocycles. The van der Waals surface area contributed by atoms with Gasteiger partial charge in [0.05, 0.1) is 0 Å². The molecule has 0 saturated carbocycles. The molecule has 2 rings (SSSR count). The minimum absolute atomic E-state index is 0.784. The molecule has 0 aliphatic carbocycles. The molecule has 1 heterocycles. The molecule has 0 aliphatic heterocycles. The highest BCUT2D eigenvalue weighted by Gasteiger charge is 1.99. The lowest BCUT2D eigenvalue weighted by atomic mass is 10.2. The molecule has 0 unspecified atom stereocenters. The fourth-order valence-electron chi connectivity index (χ4n) is 1.34. The molecule has 0 aliphatic rings. The molecule has 1 aromatic carbocycles. The molecule has 2 heteroatoms. The van der Waals surface area contributed by atoms with E-state index in [4.69, 9.17) is 11.6 Å². The first-order valence-electron chi connectivity index (χ1n) is 4.53. The van der Waals surface area contributed by atoms with E-state index in [-0.39, 0.29) is 0 Å². The largest absolute Gasteiger partial charge is 0.201 e. The monoisotopic (exact) mass is 204 g/mol. The van der Waals surface area contributed by atoms with Crippen LogP contribution in [0.3, 0.4) is 0 Å². The Morgan fingerprint density at radius 2 is 1.57 bits per heavy atom. The van der Waals surface area contributed by atoms with Gasteiger partial charge in [0.2, 0.25) is 0 Å². The Morgan fingerprint density at radius 3 is 2.21 bits per heavy atom. The quantitative estimate of drug-likeness (QED) is 0.663. The maximum Gasteiger partial charge on any atom is 0.173 e. The van der Waals surface area contributed by atoms with E-state index in [0.717, 1.165) is 11.6 Å². The summed E-state index contributed by atoms with van der Waals surface area (Å²) in [6.45, 7) is 0.887. The van der Waals surface area contributed by atoms with Crippen molar-refractivity contribution in [2.24, 2.45) is 0 Å². The van der Waals surface area contributed by atoms with Crippen LogP contribution in [0.25, 0.3) is 0 Å². The zero-order valence-corrected chi connectivity index (χ0v) is 8.48. The molecule has 70 valence electrons. The second-order valence-electron chi connectivity index (χ2n) is 3.17. The Balaban J connectivity index is 2.16. The van der Waals surface area contributed by atoms with Gasteiger partial charge in [-0.3, -0.25) is 0 Å². The van der Waals surface area contributed by atoms with E-state index in [0.29, 0.717) is 0 Å². The van der Waals surface area contributed by atoms with Crippen molar-refractivity contribution in [3.8, 4) is 0 Å². The maximum atomic E-state index is 5.81. The number of rotatable bonds is 2. The first-order chi connectivity index (χ1) is 6.84. The van der Waals surface area contributed by atoms with Gasteiger partial charge in [-0.05, 0) is 12.1 Å². The predicted octanol–water partition coefficient (Wildman–Crippen LogP) is 2.68. The fourth-order valence-corrected chi connectivity index (χ4v) is 1.47. The maximum absolute atomic E-state index is 5.81. The van der Waals surface area contributed by atoms with Crippen LogP contribution in [0.5, 0.6) is 0 Å². The van der Waals surface area contributed by atoms with Crippen molar-refractivity contribution in [3.63, 3.8) is 0 Å². The summed E-state index contributed by atoms with van der Waals surface area (Å²) in [5, 5.41) is 0.784. The summed E-state index contributed by atoms with van der Waals surface area (Å²) in [5.74, 6) is 0. The van der Waals surface area contributed by atoms with E-state index in [2.05, 4.69) is 17.0 Å². The van der Waals surface area contributed by atoms with Gasteiger partial charge in [0, 0.05) is 22.7 Å². The molecule has 2 aromatic rings. The summed E-state index contributed by atoms with van der Waals surface area (Å²) in [6.07, 6.45) is 4.10. The van der Waals surface area contributed by atoms with Gasteiger partial charge in [-0.15, -0.1) is 0 Å². The van der Waals surface area contributed by atoms with E-state index in [1.165, 1.54) is 5.56 Å². The lowest BCUT2D eigenvalue weighted by Gasteiger charge is -1.97. The Morgan fingerprint density at radius 1 is 0.929 bits per heavy atom. The molecule has 0 bridgehead atoms. The van der Waals surface area contributed by atoms with Crippen LogP contribution in [0.1, 0.15) is 5.56 Å². The van der Waals surface area contributed by atoms with E-state index in [1.54, 1.807) is 0 Å². The molecule has 0 fully saturated rings. The third-order valence-electron chi connectivity index (χ3n) is 2.06. The van der Waals surface area contributed by atoms with Gasteiger partial charge in [0.1, 0.15) is 0 Å². The highest BCUT2D eigenvalue weighted by molar-refractivity contribution is 6.30. The number of benzene rings is 1. The number of aromatic nitrogens is 1. The van der Waals surface area contributed by atoms with Crippen molar-refractivity contribution in [2.45, 2.75) is 6.54 Å². The number of hydrogen-bond donors (Lipinski definition) is 0. The first-order valence-corrected chi connectivity index (χ1v) is 4.91. The van der Waals surface area contributed by atoms with Gasteiger partial charge in [0.25, 0.3) is 0 Å². The first kappa shape index (κ1) is 9.22. The molecular formula is C12H11ClN+. The molecule has 0 amide bonds. The van der Waals surface area contributed by atoms with Crippen LogP contribution in [0.4, 0.5) is 0 Å². The molecule has 0 spiro atoms. The van der Waals surface area contributed by atoms with Gasteiger partial charge in [-0.25, -0.2) is 4.57 Å². The van der Waals surface area contributed by atoms with Crippen molar-refractivity contribution in [2.75, 3.05) is 0 Å². The molecule has 0 saturated heterocycles. The van der Waals surface area contributed by atoms with E-state index in [9.17, 15) is 0 Å². The topological polar surface area (TPSA) is 3.88 Å². The minimum Gasteiger partial charge on any atom is -0.201 e. The van der Waals surface area contributed by atoms with Gasteiger partial charge in [0.15, 0.2) is 18.9 Å². The van der Waals surface area contributed by atoms with Crippen LogP contribution in [0, 0.1) is 0 Å². The van der Waals surface area contributed by atoms with E-state index < -0.39 is 0 Å². The van der Waals surface area contributed by atoms with Crippen molar-refractivity contribution in [1.29, 1.82) is 0 Å². The molecular weight excluding hydrogens is 194 g/mol. The van der Waals surface area contributed by atoms with Gasteiger partial charge in [-0.1, -0.05) is 29.8 Å². The average molecular weight is 205 g/mol. The lowest BCUT2D eigenvalue weighted by molar-refractivity contribution is -0.688. The van der Waals surface area contributed by atoms with Crippen molar-refractivity contribution < 1.29 is 4.57 Å². The number of halogens is 1. The lowest BCUT2D eigenvalue weighted by Crippen LogP contribution is -2.32. The Bertz CT molecular complexity index is 394. The normalized spacial score (nSPS) is 10.1. The van der Waals surface area contributed by atoms with Gasteiger partial charge >= 0.3 is 0 Å². The summed E-state index contributed by atoms with van der Waals surface area (Å²) < 4.78 is 2.13. The smallest absolute Gasteiger partial charge is 0.173 e. The van der Waals surface area contributed by atoms with Crippen molar-refractivity contribution in [3.05, 3.63) is 65.4 Å². The molecule has 0 atom stereocenters. The highest BCUT2D eigenvalue weighted by Crippen LogP contribution is 2.08. The second-order valence-corrected chi connectivity index (χ2v) is 3.61. The van der Waals surface area contributed by atoms with Gasteiger partial charge < -0.3 is 0 Å². The Labute approximate surface area is 88.6 Å². The molecule has 0 N–H and O–H groups in total. The van der Waals surface area contributed by atoms with Crippen LogP contribution >= 0.6 is 11.6 Å². The summed E-state index contributed by atoms with van der Waals surface area (Å²) in [4.78, 5) is 0. The highest BCUT2D eigenvalue weighted by atomic mass is 35.5. The number of nitrogens with zero attached hydrogens (tertiary/aromatic N) is 1. The standard InChI is InChI=1S/C12H11ClN/c13-12-6-4-11(5-7-12)10-14-8-2-1-3-9-14/h1-9H,10H2/q+1. The molecule has 1 nitrogen and oxygen atoms in total. The van der Waals surface area contributed by atoms with Crippen molar-refractivity contribution in [1.82, 2.24) is 0 Å². The number of pyridine rings is 1. The molecule has 14 heavy (non-hydrogen) atoms. The Hall–Kier alpha value is -1.34. The number of hydrogen-bond acceptors (Lipinski definition) is 0. The molecule has 0 radical (unpaired) electrons. The third-order valence-corrected chi connectivity index (χ3v) is 2.31. The summed E-state index contributed by atoms with van der Waals surface area (Å²) in [5.41, 5.74) is 1.26. The summed E-state index contributed by atoms with van der Waals surface area (Å²) >= 11 is 5.81. The zero-order chi connectivity index (χ0) is 9.80. The SMILES string of the molecule is Clc1ccc(C[n+]2ccccc2)cc1. The minimum atomic E-state index is 0.784. The van der Waals surface area contributed by atoms with E-state index >= 15 is 0 Å². The van der Waals surface area contributed by atoms with Crippen LogP contribution < -0.4 is 4.57 Å². The summed E-state index contributed by atoms with van der Waals surface area (Å²) in [7, 11) is 0. The second kappa shape index (κ2) is 4.25. The third kappa shape index (κ3) is 2.33. The predicted molar refractivity (Wildman–Crippen MR) is 57.2 cm³/mol. The zero-order valence-electron chi connectivity index (χ0n) is 7.73. The van der Waals surface area contributed by atoms with E-state index in [1.807, 2.05) is 42.5 Å². The van der Waals surface area contributed by atoms with Crippen LogP contribution in [0.15, 0.2) is 54.9 Å². The van der Waals surface area contributed by atoms with Crippen LogP contribution in [-0.4, -0.2) is 0 Å². The van der Waals surface area contributed by atoms with Crippen molar-refractivity contribution >= 4 is 11.6 Å². The van der Waals surface area contributed by atoms with Crippen LogP contribution in [0.2, 0.25) is 5.02 Å². The average Bonchev–Trinajstić information content (AvgIpc) is 2.23.